The van der Waals surface area contributed by atoms with E-state index in [0.717, 1.165) is 5.56 Å². The van der Waals surface area contributed by atoms with Crippen LogP contribution in [-0.2, 0) is 17.9 Å². The number of amides is 2. The summed E-state index contributed by atoms with van der Waals surface area (Å²) >= 11 is 0. The third kappa shape index (κ3) is 4.20. The Kier molecular flexibility index (Phi) is 5.30. The summed E-state index contributed by atoms with van der Waals surface area (Å²) in [5, 5.41) is 2.80. The zero-order chi connectivity index (χ0) is 19.4. The van der Waals surface area contributed by atoms with Gasteiger partial charge in [-0.2, -0.15) is 0 Å². The molecule has 1 aromatic heterocycles. The fourth-order valence-corrected chi connectivity index (χ4v) is 2.70. The van der Waals surface area contributed by atoms with Crippen molar-refractivity contribution in [2.24, 2.45) is 0 Å². The topological polar surface area (TPSA) is 84.3 Å². The number of benzene rings is 2. The molecular weight excluding hydrogens is 344 g/mol. The Hall–Kier alpha value is -3.48. The van der Waals surface area contributed by atoms with E-state index in [1.165, 1.54) is 15.7 Å². The minimum Gasteiger partial charge on any atom is -0.350 e. The van der Waals surface area contributed by atoms with Crippen LogP contribution in [0.3, 0.4) is 0 Å². The predicted octanol–water partition coefficient (Wildman–Crippen LogP) is 1.41. The standard InChI is InChI=1S/C20H20N4O3/c1-23(2)20(27)15-9-7-14(8-10-15)11-22-18(25)13-24-17-6-4-3-5-16(17)21-12-19(24)26/h3-10,12H,11,13H2,1-2H3,(H,22,25). The molecule has 3 rings (SSSR count). The molecule has 0 aliphatic heterocycles. The highest BCUT2D eigenvalue weighted by molar-refractivity contribution is 5.93. The summed E-state index contributed by atoms with van der Waals surface area (Å²) < 4.78 is 1.40. The number of rotatable bonds is 5. The highest BCUT2D eigenvalue weighted by Crippen LogP contribution is 2.09. The maximum absolute atomic E-state index is 12.3. The number of hydrogen-bond acceptors (Lipinski definition) is 4. The molecule has 0 bridgehead atoms. The molecule has 2 aromatic carbocycles. The molecule has 0 aliphatic rings. The third-order valence-corrected chi connectivity index (χ3v) is 4.15. The van der Waals surface area contributed by atoms with Gasteiger partial charge in [0.15, 0.2) is 0 Å². The van der Waals surface area contributed by atoms with E-state index >= 15 is 0 Å². The molecule has 0 saturated carbocycles. The number of carbonyl (C=O) groups excluding carboxylic acids is 2. The zero-order valence-corrected chi connectivity index (χ0v) is 15.2. The minimum atomic E-state index is -0.324. The second-order valence-electron chi connectivity index (χ2n) is 6.34. The Morgan fingerprint density at radius 2 is 1.78 bits per heavy atom. The molecule has 1 heterocycles. The molecule has 1 N–H and O–H groups in total. The van der Waals surface area contributed by atoms with Crippen LogP contribution in [0, 0.1) is 0 Å². The van der Waals surface area contributed by atoms with Crippen LogP contribution in [0.5, 0.6) is 0 Å². The van der Waals surface area contributed by atoms with Crippen molar-refractivity contribution in [1.29, 1.82) is 0 Å². The van der Waals surface area contributed by atoms with Crippen LogP contribution >= 0.6 is 0 Å². The first-order valence-corrected chi connectivity index (χ1v) is 8.47. The highest BCUT2D eigenvalue weighted by Gasteiger charge is 2.10. The van der Waals surface area contributed by atoms with Gasteiger partial charge in [-0.1, -0.05) is 24.3 Å². The van der Waals surface area contributed by atoms with Crippen LogP contribution in [0.25, 0.3) is 11.0 Å². The van der Waals surface area contributed by atoms with Crippen molar-refractivity contribution in [3.05, 3.63) is 76.2 Å². The van der Waals surface area contributed by atoms with E-state index in [0.29, 0.717) is 23.1 Å². The Morgan fingerprint density at radius 3 is 2.48 bits per heavy atom. The molecule has 7 nitrogen and oxygen atoms in total. The van der Waals surface area contributed by atoms with Crippen molar-refractivity contribution in [3.63, 3.8) is 0 Å². The lowest BCUT2D eigenvalue weighted by Crippen LogP contribution is -2.32. The van der Waals surface area contributed by atoms with Crippen molar-refractivity contribution >= 4 is 22.8 Å². The van der Waals surface area contributed by atoms with E-state index < -0.39 is 0 Å². The van der Waals surface area contributed by atoms with Gasteiger partial charge < -0.3 is 10.2 Å². The quantitative estimate of drug-likeness (QED) is 0.742. The molecule has 0 aliphatic carbocycles. The van der Waals surface area contributed by atoms with Crippen LogP contribution in [-0.4, -0.2) is 40.4 Å². The molecule has 0 atom stereocenters. The Balaban J connectivity index is 1.66. The normalized spacial score (nSPS) is 10.6. The largest absolute Gasteiger partial charge is 0.350 e. The molecular formula is C20H20N4O3. The summed E-state index contributed by atoms with van der Waals surface area (Å²) in [7, 11) is 3.39. The van der Waals surface area contributed by atoms with Gasteiger partial charge in [0.1, 0.15) is 6.54 Å². The van der Waals surface area contributed by atoms with Gasteiger partial charge in [-0.15, -0.1) is 0 Å². The van der Waals surface area contributed by atoms with Gasteiger partial charge in [0, 0.05) is 26.2 Å². The average molecular weight is 364 g/mol. The number of fused-ring (bicyclic) bond motifs is 1. The minimum absolute atomic E-state index is 0.0745. The molecule has 0 radical (unpaired) electrons. The Bertz CT molecular complexity index is 1040. The molecule has 0 saturated heterocycles. The van der Waals surface area contributed by atoms with E-state index in [9.17, 15) is 14.4 Å². The summed E-state index contributed by atoms with van der Waals surface area (Å²) in [6, 6.07) is 14.2. The van der Waals surface area contributed by atoms with Crippen molar-refractivity contribution in [2.45, 2.75) is 13.1 Å². The van der Waals surface area contributed by atoms with Crippen molar-refractivity contribution in [3.8, 4) is 0 Å². The van der Waals surface area contributed by atoms with Gasteiger partial charge in [0.2, 0.25) is 5.91 Å². The second-order valence-corrected chi connectivity index (χ2v) is 6.34. The van der Waals surface area contributed by atoms with Crippen LogP contribution in [0.2, 0.25) is 0 Å². The highest BCUT2D eigenvalue weighted by atomic mass is 16.2. The molecule has 3 aromatic rings. The van der Waals surface area contributed by atoms with Gasteiger partial charge in [-0.25, -0.2) is 4.98 Å². The van der Waals surface area contributed by atoms with Gasteiger partial charge in [0.05, 0.1) is 17.2 Å². The van der Waals surface area contributed by atoms with Gasteiger partial charge in [-0.3, -0.25) is 19.0 Å². The van der Waals surface area contributed by atoms with Crippen LogP contribution < -0.4 is 10.9 Å². The molecule has 27 heavy (non-hydrogen) atoms. The first kappa shape index (κ1) is 18.3. The number of hydrogen-bond donors (Lipinski definition) is 1. The second kappa shape index (κ2) is 7.82. The summed E-state index contributed by atoms with van der Waals surface area (Å²) in [5.41, 5.74) is 2.41. The van der Waals surface area contributed by atoms with Crippen LogP contribution in [0.15, 0.2) is 59.5 Å². The zero-order valence-electron chi connectivity index (χ0n) is 15.2. The average Bonchev–Trinajstić information content (AvgIpc) is 2.68. The van der Waals surface area contributed by atoms with Crippen molar-refractivity contribution < 1.29 is 9.59 Å². The molecule has 7 heteroatoms. The lowest BCUT2D eigenvalue weighted by atomic mass is 10.1. The van der Waals surface area contributed by atoms with Crippen LogP contribution in [0.4, 0.5) is 0 Å². The smallest absolute Gasteiger partial charge is 0.269 e. The molecule has 0 unspecified atom stereocenters. The van der Waals surface area contributed by atoms with Crippen LogP contribution in [0.1, 0.15) is 15.9 Å². The van der Waals surface area contributed by atoms with Gasteiger partial charge in [-0.05, 0) is 29.8 Å². The molecule has 0 fully saturated rings. The summed E-state index contributed by atoms with van der Waals surface area (Å²) in [4.78, 5) is 41.8. The number of nitrogens with zero attached hydrogens (tertiary/aromatic N) is 3. The van der Waals surface area contributed by atoms with Crippen molar-refractivity contribution in [2.75, 3.05) is 14.1 Å². The van der Waals surface area contributed by atoms with E-state index in [1.807, 2.05) is 6.07 Å². The fourth-order valence-electron chi connectivity index (χ4n) is 2.70. The lowest BCUT2D eigenvalue weighted by Gasteiger charge is -2.12. The first-order valence-electron chi connectivity index (χ1n) is 8.47. The van der Waals surface area contributed by atoms with Crippen molar-refractivity contribution in [1.82, 2.24) is 19.8 Å². The predicted molar refractivity (Wildman–Crippen MR) is 102 cm³/mol. The van der Waals surface area contributed by atoms with E-state index in [4.69, 9.17) is 0 Å². The maximum Gasteiger partial charge on any atom is 0.269 e. The Morgan fingerprint density at radius 1 is 1.07 bits per heavy atom. The van der Waals surface area contributed by atoms with Gasteiger partial charge >= 0.3 is 0 Å². The number of carbonyl (C=O) groups is 2. The summed E-state index contributed by atoms with van der Waals surface area (Å²) in [5.74, 6) is -0.351. The summed E-state index contributed by atoms with van der Waals surface area (Å²) in [6.07, 6.45) is 1.22. The monoisotopic (exact) mass is 364 g/mol. The first-order chi connectivity index (χ1) is 13.0. The fraction of sp³-hybridized carbons (Fsp3) is 0.200. The third-order valence-electron chi connectivity index (χ3n) is 4.15. The number of nitrogens with one attached hydrogen (secondary N) is 1. The molecule has 0 spiro atoms. The molecule has 2 amide bonds. The van der Waals surface area contributed by atoms with E-state index in [-0.39, 0.29) is 23.9 Å². The summed E-state index contributed by atoms with van der Waals surface area (Å²) in [6.45, 7) is 0.228. The number of para-hydroxylation sites is 2. The Labute approximate surface area is 156 Å². The lowest BCUT2D eigenvalue weighted by molar-refractivity contribution is -0.121. The maximum atomic E-state index is 12.3. The molecule has 138 valence electrons. The van der Waals surface area contributed by atoms with E-state index in [2.05, 4.69) is 10.3 Å². The SMILES string of the molecule is CN(C)C(=O)c1ccc(CNC(=O)Cn2c(=O)cnc3ccccc32)cc1. The van der Waals surface area contributed by atoms with Gasteiger partial charge in [0.25, 0.3) is 11.5 Å². The van der Waals surface area contributed by atoms with E-state index in [1.54, 1.807) is 56.6 Å². The number of aromatic nitrogens is 2.